The number of aromatic amines is 1. The van der Waals surface area contributed by atoms with Crippen molar-refractivity contribution in [1.29, 1.82) is 0 Å². The van der Waals surface area contributed by atoms with E-state index in [0.717, 1.165) is 63.7 Å². The Morgan fingerprint density at radius 1 is 1.28 bits per heavy atom. The summed E-state index contributed by atoms with van der Waals surface area (Å²) in [6, 6.07) is 10.0. The lowest BCUT2D eigenvalue weighted by Gasteiger charge is -2.32. The zero-order valence-electron chi connectivity index (χ0n) is 19.7. The molecule has 5 heterocycles. The van der Waals surface area contributed by atoms with E-state index in [4.69, 9.17) is 15.1 Å². The van der Waals surface area contributed by atoms with E-state index in [9.17, 15) is 4.79 Å². The summed E-state index contributed by atoms with van der Waals surface area (Å²) in [6.45, 7) is 7.30. The third-order valence-electron chi connectivity index (χ3n) is 6.40. The Kier molecular flexibility index (Phi) is 5.61. The van der Waals surface area contributed by atoms with Gasteiger partial charge < -0.3 is 15.5 Å². The van der Waals surface area contributed by atoms with Gasteiger partial charge in [-0.25, -0.2) is 9.50 Å². The molecule has 3 N–H and O–H groups in total. The zero-order valence-corrected chi connectivity index (χ0v) is 20.5. The number of aryl methyl sites for hydroxylation is 1. The van der Waals surface area contributed by atoms with Crippen molar-refractivity contribution in [2.24, 2.45) is 0 Å². The molecule has 1 amide bonds. The normalized spacial score (nSPS) is 15.9. The number of benzene rings is 1. The lowest BCUT2D eigenvalue weighted by molar-refractivity contribution is -0.111. The lowest BCUT2D eigenvalue weighted by atomic mass is 10.1. The molecule has 5 aromatic rings. The van der Waals surface area contributed by atoms with E-state index in [0.29, 0.717) is 11.6 Å². The molecule has 1 fully saturated rings. The Bertz CT molecular complexity index is 1570. The first-order valence-electron chi connectivity index (χ1n) is 11.8. The Hall–Kier alpha value is -4.25. The number of anilines is 3. The largest absolute Gasteiger partial charge is 0.348 e. The maximum absolute atomic E-state index is 11.6. The van der Waals surface area contributed by atoms with Gasteiger partial charge >= 0.3 is 0 Å². The molecule has 0 unspecified atom stereocenters. The number of nitrogens with zero attached hydrogens (tertiary/aromatic N) is 6. The first-order chi connectivity index (χ1) is 17.6. The predicted octanol–water partition coefficient (Wildman–Crippen LogP) is 4.24. The molecule has 1 saturated heterocycles. The fourth-order valence-corrected chi connectivity index (χ4v) is 5.59. The van der Waals surface area contributed by atoms with Crippen molar-refractivity contribution in [3.8, 4) is 11.1 Å². The Morgan fingerprint density at radius 3 is 3.03 bits per heavy atom. The number of piperidine rings is 1. The van der Waals surface area contributed by atoms with Crippen LogP contribution < -0.4 is 15.5 Å². The topological polar surface area (TPSA) is 116 Å². The maximum atomic E-state index is 11.6. The SMILES string of the molecule is C=CC(=O)Nc1ccc2sc(N3CCC[C@@H](Nc4nc5ccc(-c6cn[nH]c6)c(C)n5n4)C3)nc2c1. The molecule has 1 aliphatic rings. The number of fused-ring (bicyclic) bond motifs is 2. The molecule has 0 spiro atoms. The molecule has 0 bridgehead atoms. The molecule has 0 aliphatic carbocycles. The van der Waals surface area contributed by atoms with Crippen LogP contribution in [0.15, 0.2) is 55.4 Å². The molecule has 0 radical (unpaired) electrons. The highest BCUT2D eigenvalue weighted by atomic mass is 32.1. The van der Waals surface area contributed by atoms with Crippen molar-refractivity contribution in [1.82, 2.24) is 29.8 Å². The summed E-state index contributed by atoms with van der Waals surface area (Å²) in [5.41, 5.74) is 5.50. The predicted molar refractivity (Wildman–Crippen MR) is 143 cm³/mol. The highest BCUT2D eigenvalue weighted by Gasteiger charge is 2.24. The monoisotopic (exact) mass is 499 g/mol. The van der Waals surface area contributed by atoms with Gasteiger partial charge in [-0.1, -0.05) is 17.9 Å². The molecule has 11 heteroatoms. The smallest absolute Gasteiger partial charge is 0.247 e. The molecule has 0 saturated carbocycles. The second kappa shape index (κ2) is 9.08. The van der Waals surface area contributed by atoms with Gasteiger partial charge in [0.25, 0.3) is 0 Å². The van der Waals surface area contributed by atoms with Crippen molar-refractivity contribution >= 4 is 49.9 Å². The molecule has 1 atom stereocenters. The van der Waals surface area contributed by atoms with Crippen LogP contribution in [0.25, 0.3) is 27.0 Å². The summed E-state index contributed by atoms with van der Waals surface area (Å²) in [6.07, 6.45) is 7.02. The van der Waals surface area contributed by atoms with Crippen molar-refractivity contribution < 1.29 is 4.79 Å². The van der Waals surface area contributed by atoms with Crippen LogP contribution in [0.3, 0.4) is 0 Å². The standard InChI is InChI=1S/C25H25N9OS/c1-3-23(35)28-17-6-8-21-20(11-17)30-25(36-21)33-10-4-5-18(14-33)29-24-31-22-9-7-19(15(2)34(22)32-24)16-12-26-27-13-16/h3,6-9,11-13,18H,1,4-5,10,14H2,2H3,(H,26,27)(H,28,35)(H,29,32)/t18-/m1/s1. The van der Waals surface area contributed by atoms with E-state index in [1.165, 1.54) is 6.08 Å². The number of thiazole rings is 1. The lowest BCUT2D eigenvalue weighted by Crippen LogP contribution is -2.42. The van der Waals surface area contributed by atoms with E-state index in [1.54, 1.807) is 17.5 Å². The van der Waals surface area contributed by atoms with Crippen LogP contribution in [0, 0.1) is 6.92 Å². The second-order valence-corrected chi connectivity index (χ2v) is 9.84. The van der Waals surface area contributed by atoms with Crippen LogP contribution in [-0.2, 0) is 4.79 Å². The van der Waals surface area contributed by atoms with Gasteiger partial charge in [0, 0.05) is 47.8 Å². The average Bonchev–Trinajstić information content (AvgIpc) is 3.64. The fourth-order valence-electron chi connectivity index (χ4n) is 4.61. The highest BCUT2D eigenvalue weighted by Crippen LogP contribution is 2.32. The van der Waals surface area contributed by atoms with Crippen LogP contribution in [0.4, 0.5) is 16.8 Å². The number of amides is 1. The van der Waals surface area contributed by atoms with Crippen molar-refractivity contribution in [3.63, 3.8) is 0 Å². The minimum absolute atomic E-state index is 0.208. The maximum Gasteiger partial charge on any atom is 0.247 e. The minimum Gasteiger partial charge on any atom is -0.348 e. The molecule has 4 aromatic heterocycles. The Balaban J connectivity index is 1.19. The number of hydrogen-bond donors (Lipinski definition) is 3. The highest BCUT2D eigenvalue weighted by molar-refractivity contribution is 7.22. The number of carbonyl (C=O) groups is 1. The average molecular weight is 500 g/mol. The number of pyridine rings is 1. The van der Waals surface area contributed by atoms with Gasteiger partial charge in [0.2, 0.25) is 11.9 Å². The van der Waals surface area contributed by atoms with Gasteiger partial charge in [-0.3, -0.25) is 9.89 Å². The van der Waals surface area contributed by atoms with E-state index in [-0.39, 0.29) is 11.9 Å². The molecular formula is C25H25N9OS. The quantitative estimate of drug-likeness (QED) is 0.299. The van der Waals surface area contributed by atoms with Gasteiger partial charge in [0.05, 0.1) is 16.4 Å². The zero-order chi connectivity index (χ0) is 24.6. The summed E-state index contributed by atoms with van der Waals surface area (Å²) < 4.78 is 2.96. The molecule has 36 heavy (non-hydrogen) atoms. The molecule has 1 aromatic carbocycles. The van der Waals surface area contributed by atoms with Crippen LogP contribution in [-0.4, -0.2) is 54.8 Å². The first-order valence-corrected chi connectivity index (χ1v) is 12.6. The summed E-state index contributed by atoms with van der Waals surface area (Å²) in [4.78, 5) is 23.5. The molecule has 10 nitrogen and oxygen atoms in total. The minimum atomic E-state index is -0.233. The van der Waals surface area contributed by atoms with Crippen LogP contribution >= 0.6 is 11.3 Å². The molecule has 182 valence electrons. The first kappa shape index (κ1) is 22.2. The number of aromatic nitrogens is 6. The van der Waals surface area contributed by atoms with Crippen molar-refractivity contribution in [3.05, 3.63) is 61.1 Å². The van der Waals surface area contributed by atoms with E-state index >= 15 is 0 Å². The second-order valence-electron chi connectivity index (χ2n) is 8.83. The van der Waals surface area contributed by atoms with Gasteiger partial charge in [-0.05, 0) is 56.2 Å². The molecule has 6 rings (SSSR count). The van der Waals surface area contributed by atoms with E-state index in [2.05, 4.69) is 38.4 Å². The summed E-state index contributed by atoms with van der Waals surface area (Å²) in [5, 5.41) is 19.0. The number of nitrogens with one attached hydrogen (secondary N) is 3. The third-order valence-corrected chi connectivity index (χ3v) is 7.50. The summed E-state index contributed by atoms with van der Waals surface area (Å²) in [7, 11) is 0. The van der Waals surface area contributed by atoms with Gasteiger partial charge in [-0.15, -0.1) is 5.10 Å². The molecular weight excluding hydrogens is 474 g/mol. The van der Waals surface area contributed by atoms with Gasteiger partial charge in [0.1, 0.15) is 0 Å². The summed E-state index contributed by atoms with van der Waals surface area (Å²) in [5.74, 6) is 0.393. The summed E-state index contributed by atoms with van der Waals surface area (Å²) >= 11 is 1.66. The Labute approximate surface area is 211 Å². The van der Waals surface area contributed by atoms with Crippen LogP contribution in [0.5, 0.6) is 0 Å². The number of rotatable bonds is 6. The van der Waals surface area contributed by atoms with Gasteiger partial charge in [0.15, 0.2) is 10.8 Å². The Morgan fingerprint density at radius 2 is 2.19 bits per heavy atom. The van der Waals surface area contributed by atoms with E-state index in [1.807, 2.05) is 41.9 Å². The number of carbonyl (C=O) groups excluding carboxylic acids is 1. The number of H-pyrrole nitrogens is 1. The van der Waals surface area contributed by atoms with Crippen LogP contribution in [0.2, 0.25) is 0 Å². The van der Waals surface area contributed by atoms with Crippen LogP contribution in [0.1, 0.15) is 18.5 Å². The van der Waals surface area contributed by atoms with Crippen molar-refractivity contribution in [2.75, 3.05) is 28.6 Å². The van der Waals surface area contributed by atoms with Crippen molar-refractivity contribution in [2.45, 2.75) is 25.8 Å². The third kappa shape index (κ3) is 4.17. The fraction of sp³-hybridized carbons (Fsp3) is 0.240. The van der Waals surface area contributed by atoms with E-state index < -0.39 is 0 Å². The molecule has 1 aliphatic heterocycles. The number of hydrogen-bond acceptors (Lipinski definition) is 8. The van der Waals surface area contributed by atoms with Gasteiger partial charge in [-0.2, -0.15) is 10.1 Å².